The van der Waals surface area contributed by atoms with E-state index in [0.717, 1.165) is 5.69 Å². The summed E-state index contributed by atoms with van der Waals surface area (Å²) in [5.41, 5.74) is 3.74. The fourth-order valence-corrected chi connectivity index (χ4v) is 3.46. The molecule has 7 heteroatoms. The summed E-state index contributed by atoms with van der Waals surface area (Å²) in [5, 5.41) is 9.16. The molecule has 4 aromatic rings. The standard InChI is InChI=1S/C17H13ClN4OS/c1-9-3-5-12(7-10(9)2)19-16-21-22-15(23)13-8-11(18)4-6-14(13)20-17(22)24-16/h3-8H,1-2H3,(H,19,21). The van der Waals surface area contributed by atoms with Crippen LogP contribution in [0.25, 0.3) is 15.9 Å². The van der Waals surface area contributed by atoms with E-state index in [1.807, 2.05) is 18.2 Å². The summed E-state index contributed by atoms with van der Waals surface area (Å²) < 4.78 is 1.31. The van der Waals surface area contributed by atoms with Gasteiger partial charge >= 0.3 is 0 Å². The van der Waals surface area contributed by atoms with Crippen LogP contribution in [0.3, 0.4) is 0 Å². The monoisotopic (exact) mass is 356 g/mol. The predicted molar refractivity (Wildman–Crippen MR) is 98.8 cm³/mol. The van der Waals surface area contributed by atoms with Gasteiger partial charge < -0.3 is 5.32 Å². The zero-order valence-corrected chi connectivity index (χ0v) is 14.6. The predicted octanol–water partition coefficient (Wildman–Crippen LogP) is 4.32. The lowest BCUT2D eigenvalue weighted by Gasteiger charge is -2.05. The van der Waals surface area contributed by atoms with E-state index in [1.165, 1.54) is 27.0 Å². The minimum Gasteiger partial charge on any atom is -0.330 e. The molecule has 0 atom stereocenters. The van der Waals surface area contributed by atoms with Crippen LogP contribution in [0, 0.1) is 13.8 Å². The Kier molecular flexibility index (Phi) is 3.51. The van der Waals surface area contributed by atoms with Crippen LogP contribution in [0.15, 0.2) is 41.2 Å². The van der Waals surface area contributed by atoms with Gasteiger partial charge in [0.15, 0.2) is 0 Å². The lowest BCUT2D eigenvalue weighted by molar-refractivity contribution is 0.919. The summed E-state index contributed by atoms with van der Waals surface area (Å²) in [5.74, 6) is 0. The van der Waals surface area contributed by atoms with Gasteiger partial charge in [-0.15, -0.1) is 5.10 Å². The number of anilines is 2. The quantitative estimate of drug-likeness (QED) is 0.581. The summed E-state index contributed by atoms with van der Waals surface area (Å²) in [6.07, 6.45) is 0. The van der Waals surface area contributed by atoms with E-state index in [0.29, 0.717) is 26.0 Å². The Labute approximate surface area is 146 Å². The minimum absolute atomic E-state index is 0.220. The Morgan fingerprint density at radius 1 is 1.12 bits per heavy atom. The Balaban J connectivity index is 1.83. The van der Waals surface area contributed by atoms with Crippen molar-refractivity contribution in [2.75, 3.05) is 5.32 Å². The molecule has 0 saturated heterocycles. The van der Waals surface area contributed by atoms with Crippen LogP contribution in [0.2, 0.25) is 5.02 Å². The fraction of sp³-hybridized carbons (Fsp3) is 0.118. The zero-order valence-electron chi connectivity index (χ0n) is 13.0. The second kappa shape index (κ2) is 5.58. The van der Waals surface area contributed by atoms with Gasteiger partial charge in [-0.3, -0.25) is 4.79 Å². The molecule has 0 bridgehead atoms. The maximum atomic E-state index is 12.6. The van der Waals surface area contributed by atoms with Gasteiger partial charge in [0.1, 0.15) is 0 Å². The molecule has 0 unspecified atom stereocenters. The van der Waals surface area contributed by atoms with Gasteiger partial charge in [-0.2, -0.15) is 4.52 Å². The lowest BCUT2D eigenvalue weighted by Crippen LogP contribution is -2.15. The average Bonchev–Trinajstić information content (AvgIpc) is 2.95. The fourth-order valence-electron chi connectivity index (χ4n) is 2.47. The van der Waals surface area contributed by atoms with Crippen LogP contribution in [-0.2, 0) is 0 Å². The molecule has 120 valence electrons. The van der Waals surface area contributed by atoms with Crippen LogP contribution >= 0.6 is 22.9 Å². The molecular weight excluding hydrogens is 344 g/mol. The van der Waals surface area contributed by atoms with Crippen LogP contribution in [0.1, 0.15) is 11.1 Å². The van der Waals surface area contributed by atoms with Gasteiger partial charge in [0.25, 0.3) is 5.56 Å². The van der Waals surface area contributed by atoms with E-state index in [2.05, 4.69) is 29.2 Å². The molecule has 0 spiro atoms. The van der Waals surface area contributed by atoms with Gasteiger partial charge in [0.05, 0.1) is 10.9 Å². The highest BCUT2D eigenvalue weighted by atomic mass is 35.5. The van der Waals surface area contributed by atoms with E-state index in [4.69, 9.17) is 11.6 Å². The molecule has 2 heterocycles. The normalized spacial score (nSPS) is 11.3. The van der Waals surface area contributed by atoms with Gasteiger partial charge in [-0.1, -0.05) is 29.0 Å². The Morgan fingerprint density at radius 2 is 1.96 bits per heavy atom. The third kappa shape index (κ3) is 2.53. The number of rotatable bonds is 2. The van der Waals surface area contributed by atoms with Crippen LogP contribution in [0.4, 0.5) is 10.8 Å². The van der Waals surface area contributed by atoms with Crippen LogP contribution < -0.4 is 10.9 Å². The largest absolute Gasteiger partial charge is 0.330 e. The molecule has 24 heavy (non-hydrogen) atoms. The van der Waals surface area contributed by atoms with E-state index < -0.39 is 0 Å². The van der Waals surface area contributed by atoms with Crippen LogP contribution in [-0.4, -0.2) is 14.6 Å². The molecule has 0 aliphatic carbocycles. The highest BCUT2D eigenvalue weighted by Crippen LogP contribution is 2.24. The SMILES string of the molecule is Cc1ccc(Nc2nn3c(=O)c4cc(Cl)ccc4nc3s2)cc1C. The summed E-state index contributed by atoms with van der Waals surface area (Å²) in [4.78, 5) is 17.6. The van der Waals surface area contributed by atoms with Crippen molar-refractivity contribution in [3.8, 4) is 0 Å². The highest BCUT2D eigenvalue weighted by molar-refractivity contribution is 7.20. The van der Waals surface area contributed by atoms with Gasteiger partial charge in [0, 0.05) is 10.7 Å². The first kappa shape index (κ1) is 15.1. The maximum Gasteiger partial charge on any atom is 0.283 e. The first-order valence-electron chi connectivity index (χ1n) is 7.35. The number of hydrogen-bond acceptors (Lipinski definition) is 5. The molecule has 0 saturated carbocycles. The number of hydrogen-bond donors (Lipinski definition) is 1. The number of nitrogens with zero attached hydrogens (tertiary/aromatic N) is 3. The molecule has 4 rings (SSSR count). The summed E-state index contributed by atoms with van der Waals surface area (Å²) in [7, 11) is 0. The van der Waals surface area contributed by atoms with Crippen molar-refractivity contribution in [1.29, 1.82) is 0 Å². The second-order valence-corrected chi connectivity index (χ2v) is 7.00. The molecule has 5 nitrogen and oxygen atoms in total. The van der Waals surface area contributed by atoms with Crippen molar-refractivity contribution in [3.05, 3.63) is 62.9 Å². The van der Waals surface area contributed by atoms with Gasteiger partial charge in [-0.05, 0) is 55.3 Å². The summed E-state index contributed by atoms with van der Waals surface area (Å²) in [6.45, 7) is 4.12. The third-order valence-corrected chi connectivity index (χ3v) is 4.97. The lowest BCUT2D eigenvalue weighted by atomic mass is 10.1. The Bertz CT molecular complexity index is 1150. The Hall–Kier alpha value is -2.44. The first-order chi connectivity index (χ1) is 11.5. The number of aryl methyl sites for hydroxylation is 2. The topological polar surface area (TPSA) is 59.3 Å². The van der Waals surface area contributed by atoms with Crippen molar-refractivity contribution >= 4 is 49.6 Å². The van der Waals surface area contributed by atoms with E-state index >= 15 is 0 Å². The van der Waals surface area contributed by atoms with Crippen molar-refractivity contribution < 1.29 is 0 Å². The smallest absolute Gasteiger partial charge is 0.283 e. The minimum atomic E-state index is -0.220. The molecule has 0 fully saturated rings. The molecular formula is C17H13ClN4OS. The van der Waals surface area contributed by atoms with Crippen molar-refractivity contribution in [1.82, 2.24) is 14.6 Å². The van der Waals surface area contributed by atoms with E-state index in [9.17, 15) is 4.79 Å². The molecule has 0 aliphatic heterocycles. The molecule has 0 radical (unpaired) electrons. The second-order valence-electron chi connectivity index (χ2n) is 5.60. The van der Waals surface area contributed by atoms with Crippen molar-refractivity contribution in [2.24, 2.45) is 0 Å². The van der Waals surface area contributed by atoms with E-state index in [-0.39, 0.29) is 5.56 Å². The molecule has 2 aromatic heterocycles. The van der Waals surface area contributed by atoms with Crippen molar-refractivity contribution in [3.63, 3.8) is 0 Å². The highest BCUT2D eigenvalue weighted by Gasteiger charge is 2.11. The zero-order chi connectivity index (χ0) is 16.8. The molecule has 1 N–H and O–H groups in total. The first-order valence-corrected chi connectivity index (χ1v) is 8.54. The maximum absolute atomic E-state index is 12.6. The van der Waals surface area contributed by atoms with Gasteiger partial charge in [0.2, 0.25) is 10.1 Å². The Morgan fingerprint density at radius 3 is 2.75 bits per heavy atom. The number of aromatic nitrogens is 3. The number of benzene rings is 2. The number of fused-ring (bicyclic) bond motifs is 2. The number of nitrogens with one attached hydrogen (secondary N) is 1. The van der Waals surface area contributed by atoms with E-state index in [1.54, 1.807) is 18.2 Å². The molecule has 2 aromatic carbocycles. The third-order valence-electron chi connectivity index (χ3n) is 3.92. The summed E-state index contributed by atoms with van der Waals surface area (Å²) >= 11 is 7.31. The van der Waals surface area contributed by atoms with Gasteiger partial charge in [-0.25, -0.2) is 4.98 Å². The average molecular weight is 357 g/mol. The number of halogens is 1. The molecule has 0 aliphatic rings. The van der Waals surface area contributed by atoms with Crippen molar-refractivity contribution in [2.45, 2.75) is 13.8 Å². The molecule has 0 amide bonds. The van der Waals surface area contributed by atoms with Crippen LogP contribution in [0.5, 0.6) is 0 Å². The summed E-state index contributed by atoms with van der Waals surface area (Å²) in [6, 6.07) is 11.2.